The van der Waals surface area contributed by atoms with Gasteiger partial charge in [-0.1, -0.05) is 18.2 Å². The summed E-state index contributed by atoms with van der Waals surface area (Å²) in [5.74, 6) is 1.42. The summed E-state index contributed by atoms with van der Waals surface area (Å²) in [6, 6.07) is 9.87. The van der Waals surface area contributed by atoms with E-state index in [9.17, 15) is 0 Å². The largest absolute Gasteiger partial charge is 0.444 e. The van der Waals surface area contributed by atoms with Crippen LogP contribution in [0.2, 0.25) is 0 Å². The van der Waals surface area contributed by atoms with Crippen LogP contribution >= 0.6 is 0 Å². The summed E-state index contributed by atoms with van der Waals surface area (Å²) in [6.45, 7) is 7.82. The van der Waals surface area contributed by atoms with Crippen LogP contribution in [0.1, 0.15) is 32.4 Å². The molecule has 2 aromatic rings. The van der Waals surface area contributed by atoms with Crippen molar-refractivity contribution < 1.29 is 9.15 Å². The smallest absolute Gasteiger partial charge is 0.226 e. The van der Waals surface area contributed by atoms with E-state index in [1.165, 1.54) is 0 Å². The Labute approximate surface area is 149 Å². The van der Waals surface area contributed by atoms with Gasteiger partial charge in [0.25, 0.3) is 0 Å². The van der Waals surface area contributed by atoms with Crippen molar-refractivity contribution in [3.8, 4) is 11.5 Å². The summed E-state index contributed by atoms with van der Waals surface area (Å²) in [5.41, 5.74) is 1.78. The van der Waals surface area contributed by atoms with Gasteiger partial charge in [-0.2, -0.15) is 0 Å². The number of aromatic nitrogens is 1. The average molecular weight is 344 g/mol. The lowest BCUT2D eigenvalue weighted by Crippen LogP contribution is -2.37. The molecule has 0 bridgehead atoms. The number of hydrogen-bond donors (Lipinski definition) is 2. The molecule has 136 valence electrons. The van der Waals surface area contributed by atoms with Crippen LogP contribution in [0, 0.1) is 0 Å². The zero-order valence-corrected chi connectivity index (χ0v) is 15.1. The molecule has 1 heterocycles. The molecule has 6 nitrogen and oxygen atoms in total. The molecule has 0 aliphatic carbocycles. The lowest BCUT2D eigenvalue weighted by Gasteiger charge is -2.10. The highest BCUT2D eigenvalue weighted by Crippen LogP contribution is 2.18. The second-order valence-electron chi connectivity index (χ2n) is 5.54. The van der Waals surface area contributed by atoms with E-state index >= 15 is 0 Å². The molecule has 0 saturated heterocycles. The van der Waals surface area contributed by atoms with Crippen LogP contribution in [0.15, 0.2) is 46.0 Å². The van der Waals surface area contributed by atoms with E-state index in [2.05, 4.69) is 27.5 Å². The number of guanidine groups is 1. The van der Waals surface area contributed by atoms with Gasteiger partial charge in [-0.05, 0) is 38.8 Å². The Bertz CT molecular complexity index is 625. The molecule has 0 aliphatic heterocycles. The van der Waals surface area contributed by atoms with Crippen molar-refractivity contribution >= 4 is 5.96 Å². The molecule has 2 N–H and O–H groups in total. The topological polar surface area (TPSA) is 71.7 Å². The molecule has 0 amide bonds. The quantitative estimate of drug-likeness (QED) is 0.393. The molecule has 0 unspecified atom stereocenters. The molecular weight excluding hydrogens is 316 g/mol. The zero-order valence-electron chi connectivity index (χ0n) is 15.1. The fourth-order valence-corrected chi connectivity index (χ4v) is 2.27. The van der Waals surface area contributed by atoms with Crippen LogP contribution in [0.5, 0.6) is 0 Å². The average Bonchev–Trinajstić information content (AvgIpc) is 3.12. The number of oxazole rings is 1. The summed E-state index contributed by atoms with van der Waals surface area (Å²) in [6.07, 6.45) is 3.76. The molecule has 25 heavy (non-hydrogen) atoms. The molecule has 0 aliphatic rings. The van der Waals surface area contributed by atoms with Gasteiger partial charge in [0.1, 0.15) is 12.0 Å². The molecule has 2 rings (SSSR count). The van der Waals surface area contributed by atoms with Gasteiger partial charge in [0.15, 0.2) is 5.96 Å². The fraction of sp³-hybridized carbons (Fsp3) is 0.474. The van der Waals surface area contributed by atoms with E-state index in [1.807, 2.05) is 37.3 Å². The highest BCUT2D eigenvalue weighted by molar-refractivity contribution is 5.79. The first-order chi connectivity index (χ1) is 12.3. The van der Waals surface area contributed by atoms with Crippen LogP contribution in [0.4, 0.5) is 0 Å². The third kappa shape index (κ3) is 6.97. The molecule has 0 fully saturated rings. The highest BCUT2D eigenvalue weighted by atomic mass is 16.5. The summed E-state index contributed by atoms with van der Waals surface area (Å²) in [4.78, 5) is 9.06. The first-order valence-electron chi connectivity index (χ1n) is 8.93. The van der Waals surface area contributed by atoms with Crippen molar-refractivity contribution in [2.45, 2.75) is 33.2 Å². The van der Waals surface area contributed by atoms with Crippen molar-refractivity contribution in [3.05, 3.63) is 42.3 Å². The van der Waals surface area contributed by atoms with Crippen LogP contribution in [-0.4, -0.2) is 37.2 Å². The Kier molecular flexibility index (Phi) is 8.55. The van der Waals surface area contributed by atoms with Crippen LogP contribution in [-0.2, 0) is 11.3 Å². The van der Waals surface area contributed by atoms with E-state index in [4.69, 9.17) is 9.15 Å². The SMILES string of the molecule is CCNC(=NCc1coc(-c2ccccc2)n1)NCCCCOCC. The van der Waals surface area contributed by atoms with Gasteiger partial charge in [0.05, 0.1) is 6.54 Å². The van der Waals surface area contributed by atoms with Gasteiger partial charge in [-0.3, -0.25) is 0 Å². The highest BCUT2D eigenvalue weighted by Gasteiger charge is 2.06. The maximum Gasteiger partial charge on any atom is 0.226 e. The second kappa shape index (κ2) is 11.3. The number of ether oxygens (including phenoxy) is 1. The number of nitrogens with one attached hydrogen (secondary N) is 2. The number of benzene rings is 1. The number of hydrogen-bond acceptors (Lipinski definition) is 4. The second-order valence-corrected chi connectivity index (χ2v) is 5.54. The summed E-state index contributed by atoms with van der Waals surface area (Å²) < 4.78 is 10.9. The maximum atomic E-state index is 5.54. The fourth-order valence-electron chi connectivity index (χ4n) is 2.27. The Hall–Kier alpha value is -2.34. The van der Waals surface area contributed by atoms with Crippen molar-refractivity contribution in [2.75, 3.05) is 26.3 Å². The molecule has 6 heteroatoms. The number of aliphatic imine (C=N–C) groups is 1. The summed E-state index contributed by atoms with van der Waals surface area (Å²) >= 11 is 0. The Morgan fingerprint density at radius 2 is 2.00 bits per heavy atom. The standard InChI is InChI=1S/C19H28N4O2/c1-3-20-19(21-12-8-9-13-24-4-2)22-14-17-15-25-18(23-17)16-10-6-5-7-11-16/h5-7,10-11,15H,3-4,8-9,12-14H2,1-2H3,(H2,20,21,22). The van der Waals surface area contributed by atoms with Gasteiger partial charge in [0, 0.05) is 31.9 Å². The minimum Gasteiger partial charge on any atom is -0.444 e. The predicted molar refractivity (Wildman–Crippen MR) is 100 cm³/mol. The lowest BCUT2D eigenvalue weighted by molar-refractivity contribution is 0.143. The lowest BCUT2D eigenvalue weighted by atomic mass is 10.2. The van der Waals surface area contributed by atoms with E-state index < -0.39 is 0 Å². The number of nitrogens with zero attached hydrogens (tertiary/aromatic N) is 2. The molecule has 0 spiro atoms. The summed E-state index contributed by atoms with van der Waals surface area (Å²) in [7, 11) is 0. The number of rotatable bonds is 10. The van der Waals surface area contributed by atoms with Gasteiger partial charge >= 0.3 is 0 Å². The first kappa shape index (κ1) is 19.0. The maximum absolute atomic E-state index is 5.54. The van der Waals surface area contributed by atoms with Crippen LogP contribution in [0.25, 0.3) is 11.5 Å². The van der Waals surface area contributed by atoms with Crippen molar-refractivity contribution in [1.29, 1.82) is 0 Å². The first-order valence-corrected chi connectivity index (χ1v) is 8.93. The normalized spacial score (nSPS) is 11.5. The summed E-state index contributed by atoms with van der Waals surface area (Å²) in [5, 5.41) is 6.57. The van der Waals surface area contributed by atoms with E-state index in [1.54, 1.807) is 6.26 Å². The van der Waals surface area contributed by atoms with Crippen molar-refractivity contribution in [2.24, 2.45) is 4.99 Å². The van der Waals surface area contributed by atoms with E-state index in [0.717, 1.165) is 56.4 Å². The Morgan fingerprint density at radius 1 is 1.16 bits per heavy atom. The van der Waals surface area contributed by atoms with Crippen LogP contribution in [0.3, 0.4) is 0 Å². The molecule has 1 aromatic heterocycles. The van der Waals surface area contributed by atoms with Crippen LogP contribution < -0.4 is 10.6 Å². The molecule has 1 aromatic carbocycles. The predicted octanol–water partition coefficient (Wildman–Crippen LogP) is 3.21. The minimum atomic E-state index is 0.477. The third-order valence-electron chi connectivity index (χ3n) is 3.53. The van der Waals surface area contributed by atoms with Crippen molar-refractivity contribution in [1.82, 2.24) is 15.6 Å². The minimum absolute atomic E-state index is 0.477. The van der Waals surface area contributed by atoms with Gasteiger partial charge < -0.3 is 19.8 Å². The Balaban J connectivity index is 1.83. The zero-order chi connectivity index (χ0) is 17.7. The number of unbranched alkanes of at least 4 members (excludes halogenated alkanes) is 1. The van der Waals surface area contributed by atoms with Gasteiger partial charge in [-0.15, -0.1) is 0 Å². The van der Waals surface area contributed by atoms with Gasteiger partial charge in [0.2, 0.25) is 5.89 Å². The molecule has 0 saturated carbocycles. The van der Waals surface area contributed by atoms with Gasteiger partial charge in [-0.25, -0.2) is 9.98 Å². The monoisotopic (exact) mass is 344 g/mol. The van der Waals surface area contributed by atoms with E-state index in [0.29, 0.717) is 12.4 Å². The van der Waals surface area contributed by atoms with E-state index in [-0.39, 0.29) is 0 Å². The third-order valence-corrected chi connectivity index (χ3v) is 3.53. The van der Waals surface area contributed by atoms with Crippen molar-refractivity contribution in [3.63, 3.8) is 0 Å². The molecule has 0 radical (unpaired) electrons. The molecular formula is C19H28N4O2. The Morgan fingerprint density at radius 3 is 2.76 bits per heavy atom. The molecule has 0 atom stereocenters.